The third-order valence-corrected chi connectivity index (χ3v) is 3.38. The summed E-state index contributed by atoms with van der Waals surface area (Å²) < 4.78 is 3.86. The van der Waals surface area contributed by atoms with Gasteiger partial charge in [-0.05, 0) is 26.3 Å². The molecule has 2 aromatic rings. The monoisotopic (exact) mass is 247 g/mol. The average Bonchev–Trinajstić information content (AvgIpc) is 2.86. The lowest BCUT2D eigenvalue weighted by atomic mass is 10.0. The molecule has 98 valence electrons. The summed E-state index contributed by atoms with van der Waals surface area (Å²) in [7, 11) is 1.95. The van der Waals surface area contributed by atoms with Gasteiger partial charge in [0.2, 0.25) is 0 Å². The second kappa shape index (κ2) is 4.94. The Morgan fingerprint density at radius 1 is 1.39 bits per heavy atom. The van der Waals surface area contributed by atoms with E-state index in [4.69, 9.17) is 5.73 Å². The fourth-order valence-corrected chi connectivity index (χ4v) is 2.39. The Bertz CT molecular complexity index is 538. The van der Waals surface area contributed by atoms with Gasteiger partial charge in [0, 0.05) is 31.0 Å². The zero-order valence-electron chi connectivity index (χ0n) is 11.5. The van der Waals surface area contributed by atoms with E-state index >= 15 is 0 Å². The number of aryl methyl sites for hydroxylation is 3. The first-order valence-corrected chi connectivity index (χ1v) is 6.33. The first-order valence-electron chi connectivity index (χ1n) is 6.33. The van der Waals surface area contributed by atoms with Crippen LogP contribution in [0.4, 0.5) is 0 Å². The standard InChI is InChI=1S/C13H21N5/c1-5-8-18-11(6-7-15-18)13(14)12-9(2)16-17(4)10(12)3/h6-7,13H,5,8,14H2,1-4H3. The summed E-state index contributed by atoms with van der Waals surface area (Å²) in [4.78, 5) is 0. The van der Waals surface area contributed by atoms with Gasteiger partial charge < -0.3 is 5.73 Å². The van der Waals surface area contributed by atoms with E-state index in [2.05, 4.69) is 24.0 Å². The van der Waals surface area contributed by atoms with E-state index in [-0.39, 0.29) is 6.04 Å². The fourth-order valence-electron chi connectivity index (χ4n) is 2.39. The number of aromatic nitrogens is 4. The zero-order valence-corrected chi connectivity index (χ0v) is 11.5. The summed E-state index contributed by atoms with van der Waals surface area (Å²) in [6, 6.07) is 1.83. The molecule has 18 heavy (non-hydrogen) atoms. The van der Waals surface area contributed by atoms with E-state index in [0.717, 1.165) is 35.6 Å². The molecule has 0 spiro atoms. The Morgan fingerprint density at radius 3 is 2.67 bits per heavy atom. The molecule has 0 aliphatic carbocycles. The lowest BCUT2D eigenvalue weighted by Crippen LogP contribution is -2.19. The molecule has 0 amide bonds. The second-order valence-electron chi connectivity index (χ2n) is 4.66. The van der Waals surface area contributed by atoms with Crippen molar-refractivity contribution >= 4 is 0 Å². The van der Waals surface area contributed by atoms with Crippen LogP contribution in [0.3, 0.4) is 0 Å². The van der Waals surface area contributed by atoms with Gasteiger partial charge >= 0.3 is 0 Å². The van der Waals surface area contributed by atoms with Crippen LogP contribution in [0.5, 0.6) is 0 Å². The molecule has 0 aromatic carbocycles. The normalized spacial score (nSPS) is 12.9. The Kier molecular flexibility index (Phi) is 3.52. The largest absolute Gasteiger partial charge is 0.319 e. The van der Waals surface area contributed by atoms with Crippen molar-refractivity contribution in [3.05, 3.63) is 34.9 Å². The van der Waals surface area contributed by atoms with Gasteiger partial charge in [0.05, 0.1) is 17.4 Å². The molecule has 0 fully saturated rings. The van der Waals surface area contributed by atoms with E-state index in [9.17, 15) is 0 Å². The van der Waals surface area contributed by atoms with E-state index in [1.807, 2.05) is 35.6 Å². The van der Waals surface area contributed by atoms with Crippen LogP contribution >= 0.6 is 0 Å². The van der Waals surface area contributed by atoms with E-state index in [1.165, 1.54) is 0 Å². The summed E-state index contributed by atoms with van der Waals surface area (Å²) >= 11 is 0. The molecule has 0 saturated heterocycles. The molecule has 5 nitrogen and oxygen atoms in total. The van der Waals surface area contributed by atoms with Crippen LogP contribution in [-0.2, 0) is 13.6 Å². The topological polar surface area (TPSA) is 61.7 Å². The quantitative estimate of drug-likeness (QED) is 0.894. The highest BCUT2D eigenvalue weighted by atomic mass is 15.3. The maximum absolute atomic E-state index is 6.39. The van der Waals surface area contributed by atoms with Gasteiger partial charge in [-0.25, -0.2) is 0 Å². The number of nitrogens with two attached hydrogens (primary N) is 1. The van der Waals surface area contributed by atoms with Crippen LogP contribution < -0.4 is 5.73 Å². The van der Waals surface area contributed by atoms with Crippen molar-refractivity contribution in [2.24, 2.45) is 12.8 Å². The molecule has 0 saturated carbocycles. The summed E-state index contributed by atoms with van der Waals surface area (Å²) in [5, 5.41) is 8.75. The number of hydrogen-bond acceptors (Lipinski definition) is 3. The van der Waals surface area contributed by atoms with Gasteiger partial charge in [0.25, 0.3) is 0 Å². The molecule has 2 heterocycles. The Labute approximate surface area is 108 Å². The van der Waals surface area contributed by atoms with E-state index in [1.54, 1.807) is 0 Å². The van der Waals surface area contributed by atoms with Gasteiger partial charge in [0.1, 0.15) is 0 Å². The van der Waals surface area contributed by atoms with Crippen molar-refractivity contribution in [1.82, 2.24) is 19.6 Å². The highest BCUT2D eigenvalue weighted by molar-refractivity contribution is 5.33. The Morgan fingerprint density at radius 2 is 2.11 bits per heavy atom. The smallest absolute Gasteiger partial charge is 0.0759 e. The van der Waals surface area contributed by atoms with Crippen molar-refractivity contribution in [1.29, 1.82) is 0 Å². The highest BCUT2D eigenvalue weighted by Crippen LogP contribution is 2.25. The number of nitrogens with zero attached hydrogens (tertiary/aromatic N) is 4. The van der Waals surface area contributed by atoms with Crippen LogP contribution in [0.1, 0.15) is 42.0 Å². The summed E-state index contributed by atoms with van der Waals surface area (Å²) in [5.74, 6) is 0. The maximum atomic E-state index is 6.39. The molecule has 0 aliphatic heterocycles. The third kappa shape index (κ3) is 2.06. The van der Waals surface area contributed by atoms with Gasteiger partial charge in [-0.3, -0.25) is 9.36 Å². The van der Waals surface area contributed by atoms with Crippen molar-refractivity contribution in [2.75, 3.05) is 0 Å². The predicted molar refractivity (Wildman–Crippen MR) is 71.2 cm³/mol. The molecule has 1 atom stereocenters. The van der Waals surface area contributed by atoms with Crippen LogP contribution in [0, 0.1) is 13.8 Å². The van der Waals surface area contributed by atoms with Crippen LogP contribution in [0.25, 0.3) is 0 Å². The van der Waals surface area contributed by atoms with Crippen LogP contribution in [-0.4, -0.2) is 19.6 Å². The Hall–Kier alpha value is -1.62. The SMILES string of the molecule is CCCn1nccc1C(N)c1c(C)nn(C)c1C. The van der Waals surface area contributed by atoms with Gasteiger partial charge in [-0.15, -0.1) is 0 Å². The molecule has 2 aromatic heterocycles. The van der Waals surface area contributed by atoms with Crippen molar-refractivity contribution in [2.45, 2.75) is 39.8 Å². The third-order valence-electron chi connectivity index (χ3n) is 3.38. The maximum Gasteiger partial charge on any atom is 0.0759 e. The summed E-state index contributed by atoms with van der Waals surface area (Å²) in [5.41, 5.74) is 10.7. The predicted octanol–water partition coefficient (Wildman–Crippen LogP) is 1.69. The molecule has 5 heteroatoms. The minimum atomic E-state index is -0.159. The van der Waals surface area contributed by atoms with Gasteiger partial charge in [-0.2, -0.15) is 10.2 Å². The van der Waals surface area contributed by atoms with Gasteiger partial charge in [0.15, 0.2) is 0 Å². The number of hydrogen-bond donors (Lipinski definition) is 1. The van der Waals surface area contributed by atoms with Gasteiger partial charge in [-0.1, -0.05) is 6.92 Å². The zero-order chi connectivity index (χ0) is 13.3. The lowest BCUT2D eigenvalue weighted by Gasteiger charge is -2.14. The molecular weight excluding hydrogens is 226 g/mol. The van der Waals surface area contributed by atoms with Crippen LogP contribution in [0.2, 0.25) is 0 Å². The second-order valence-corrected chi connectivity index (χ2v) is 4.66. The average molecular weight is 247 g/mol. The minimum Gasteiger partial charge on any atom is -0.319 e. The van der Waals surface area contributed by atoms with Crippen molar-refractivity contribution in [3.63, 3.8) is 0 Å². The molecular formula is C13H21N5. The molecule has 0 aliphatic rings. The molecule has 0 bridgehead atoms. The summed E-state index contributed by atoms with van der Waals surface area (Å²) in [6.45, 7) is 7.09. The van der Waals surface area contributed by atoms with Crippen LogP contribution in [0.15, 0.2) is 12.3 Å². The number of rotatable bonds is 4. The first-order chi connectivity index (χ1) is 8.56. The van der Waals surface area contributed by atoms with Crippen molar-refractivity contribution in [3.8, 4) is 0 Å². The molecule has 2 N–H and O–H groups in total. The first kappa shape index (κ1) is 12.8. The lowest BCUT2D eigenvalue weighted by molar-refractivity contribution is 0.558. The van der Waals surface area contributed by atoms with E-state index < -0.39 is 0 Å². The molecule has 0 radical (unpaired) electrons. The van der Waals surface area contributed by atoms with E-state index in [0.29, 0.717) is 0 Å². The highest BCUT2D eigenvalue weighted by Gasteiger charge is 2.21. The molecule has 1 unspecified atom stereocenters. The minimum absolute atomic E-state index is 0.159. The fraction of sp³-hybridized carbons (Fsp3) is 0.538. The summed E-state index contributed by atoms with van der Waals surface area (Å²) in [6.07, 6.45) is 2.86. The van der Waals surface area contributed by atoms with Crippen molar-refractivity contribution < 1.29 is 0 Å². The molecule has 2 rings (SSSR count). The Balaban J connectivity index is 2.41.